The van der Waals surface area contributed by atoms with Crippen LogP contribution >= 0.6 is 0 Å². The third kappa shape index (κ3) is 2.78. The molecule has 4 rings (SSSR count). The van der Waals surface area contributed by atoms with E-state index in [0.717, 1.165) is 30.0 Å². The fourth-order valence-electron chi connectivity index (χ4n) is 3.58. The number of benzene rings is 2. The molecule has 0 spiro atoms. The summed E-state index contributed by atoms with van der Waals surface area (Å²) in [6, 6.07) is 13.9. The summed E-state index contributed by atoms with van der Waals surface area (Å²) in [4.78, 5) is 12.7. The first kappa shape index (κ1) is 15.2. The van der Waals surface area contributed by atoms with Crippen molar-refractivity contribution in [3.05, 3.63) is 54.5 Å². The molecule has 1 fully saturated rings. The van der Waals surface area contributed by atoms with E-state index in [9.17, 15) is 4.79 Å². The Bertz CT molecular complexity index is 795. The summed E-state index contributed by atoms with van der Waals surface area (Å²) in [6.45, 7) is 0. The van der Waals surface area contributed by atoms with E-state index in [1.165, 1.54) is 6.26 Å². The van der Waals surface area contributed by atoms with E-state index in [1.807, 2.05) is 42.5 Å². The Morgan fingerprint density at radius 3 is 2.75 bits per heavy atom. The standard InChI is InChI=1S/C20H20O4/c1-22-15-8-9-17-18(11-15)23-12-19(20(17)21)24-16-7-6-13-4-2-3-5-14(13)10-16/h2-7,10,12,15,17-18H,8-9,11H2,1H3. The summed E-state index contributed by atoms with van der Waals surface area (Å²) in [5, 5.41) is 2.22. The number of carbonyl (C=O) groups is 1. The van der Waals surface area contributed by atoms with E-state index in [-0.39, 0.29) is 23.9 Å². The number of ether oxygens (including phenoxy) is 3. The van der Waals surface area contributed by atoms with Crippen molar-refractivity contribution >= 4 is 16.6 Å². The molecule has 1 aliphatic heterocycles. The zero-order valence-electron chi connectivity index (χ0n) is 13.6. The Morgan fingerprint density at radius 2 is 1.92 bits per heavy atom. The van der Waals surface area contributed by atoms with Gasteiger partial charge in [0.05, 0.1) is 12.0 Å². The molecule has 3 unspecified atom stereocenters. The molecule has 3 atom stereocenters. The molecule has 24 heavy (non-hydrogen) atoms. The van der Waals surface area contributed by atoms with Gasteiger partial charge in [0.15, 0.2) is 0 Å². The predicted octanol–water partition coefficient (Wildman–Crippen LogP) is 3.84. The largest absolute Gasteiger partial charge is 0.493 e. The number of rotatable bonds is 3. The number of carbonyl (C=O) groups excluding carboxylic acids is 1. The highest BCUT2D eigenvalue weighted by Gasteiger charge is 2.41. The lowest BCUT2D eigenvalue weighted by molar-refractivity contribution is -0.133. The van der Waals surface area contributed by atoms with Crippen LogP contribution in [-0.4, -0.2) is 25.1 Å². The summed E-state index contributed by atoms with van der Waals surface area (Å²) < 4.78 is 17.0. The molecule has 1 aliphatic carbocycles. The SMILES string of the molecule is COC1CCC2C(=O)C(Oc3ccc4ccccc4c3)=COC2C1. The number of Topliss-reactive ketones (excluding diaryl/α,β-unsaturated/α-hetero) is 1. The van der Waals surface area contributed by atoms with Crippen molar-refractivity contribution in [2.45, 2.75) is 31.5 Å². The molecule has 0 amide bonds. The quantitative estimate of drug-likeness (QED) is 0.860. The summed E-state index contributed by atoms with van der Waals surface area (Å²) in [6.07, 6.45) is 3.97. The zero-order chi connectivity index (χ0) is 16.5. The minimum atomic E-state index is -0.128. The van der Waals surface area contributed by atoms with Gasteiger partial charge in [0, 0.05) is 13.5 Å². The van der Waals surface area contributed by atoms with Gasteiger partial charge < -0.3 is 14.2 Å². The van der Waals surface area contributed by atoms with Gasteiger partial charge in [-0.15, -0.1) is 0 Å². The molecule has 0 N–H and O–H groups in total. The molecule has 1 saturated carbocycles. The van der Waals surface area contributed by atoms with Crippen LogP contribution < -0.4 is 4.74 Å². The van der Waals surface area contributed by atoms with Crippen molar-refractivity contribution in [3.8, 4) is 5.75 Å². The Hall–Kier alpha value is -2.33. The predicted molar refractivity (Wildman–Crippen MR) is 90.7 cm³/mol. The molecule has 0 bridgehead atoms. The lowest BCUT2D eigenvalue weighted by atomic mass is 9.80. The van der Waals surface area contributed by atoms with Gasteiger partial charge in [-0.05, 0) is 35.7 Å². The van der Waals surface area contributed by atoms with Crippen molar-refractivity contribution < 1.29 is 19.0 Å². The molecule has 2 aromatic carbocycles. The third-order valence-electron chi connectivity index (χ3n) is 4.96. The van der Waals surface area contributed by atoms with Gasteiger partial charge in [-0.3, -0.25) is 4.79 Å². The first-order chi connectivity index (χ1) is 11.7. The van der Waals surface area contributed by atoms with Gasteiger partial charge >= 0.3 is 0 Å². The van der Waals surface area contributed by atoms with E-state index in [2.05, 4.69) is 0 Å². The zero-order valence-corrected chi connectivity index (χ0v) is 13.6. The second kappa shape index (κ2) is 6.29. The first-order valence-corrected chi connectivity index (χ1v) is 8.34. The van der Waals surface area contributed by atoms with Gasteiger partial charge in [0.1, 0.15) is 18.1 Å². The van der Waals surface area contributed by atoms with Crippen LogP contribution in [0.3, 0.4) is 0 Å². The van der Waals surface area contributed by atoms with Crippen molar-refractivity contribution in [1.82, 2.24) is 0 Å². The van der Waals surface area contributed by atoms with Gasteiger partial charge in [-0.25, -0.2) is 0 Å². The molecule has 4 heteroatoms. The summed E-state index contributed by atoms with van der Waals surface area (Å²) in [5.74, 6) is 0.856. The molecule has 0 aromatic heterocycles. The lowest BCUT2D eigenvalue weighted by Crippen LogP contribution is -2.42. The van der Waals surface area contributed by atoms with E-state index in [1.54, 1.807) is 7.11 Å². The lowest BCUT2D eigenvalue weighted by Gasteiger charge is -2.36. The van der Waals surface area contributed by atoms with Crippen molar-refractivity contribution in [3.63, 3.8) is 0 Å². The van der Waals surface area contributed by atoms with Crippen molar-refractivity contribution in [2.75, 3.05) is 7.11 Å². The Labute approximate surface area is 141 Å². The molecule has 0 radical (unpaired) electrons. The fraction of sp³-hybridized carbons (Fsp3) is 0.350. The van der Waals surface area contributed by atoms with Crippen LogP contribution in [0, 0.1) is 5.92 Å². The Morgan fingerprint density at radius 1 is 1.08 bits per heavy atom. The third-order valence-corrected chi connectivity index (χ3v) is 4.96. The van der Waals surface area contributed by atoms with Crippen LogP contribution in [0.5, 0.6) is 5.75 Å². The molecule has 1 heterocycles. The van der Waals surface area contributed by atoms with Crippen LogP contribution in [0.4, 0.5) is 0 Å². The minimum Gasteiger partial charge on any atom is -0.493 e. The molecule has 2 aliphatic rings. The number of allylic oxidation sites excluding steroid dienone is 1. The fourth-order valence-corrected chi connectivity index (χ4v) is 3.58. The minimum absolute atomic E-state index is 0.0361. The van der Waals surface area contributed by atoms with E-state index >= 15 is 0 Å². The van der Waals surface area contributed by atoms with Crippen molar-refractivity contribution in [2.24, 2.45) is 5.92 Å². The highest BCUT2D eigenvalue weighted by Crippen LogP contribution is 2.35. The maximum atomic E-state index is 12.7. The van der Waals surface area contributed by atoms with Gasteiger partial charge in [-0.2, -0.15) is 0 Å². The number of hydrogen-bond acceptors (Lipinski definition) is 4. The van der Waals surface area contributed by atoms with Crippen molar-refractivity contribution in [1.29, 1.82) is 0 Å². The number of hydrogen-bond donors (Lipinski definition) is 0. The van der Waals surface area contributed by atoms with Crippen LogP contribution in [0.1, 0.15) is 19.3 Å². The summed E-state index contributed by atoms with van der Waals surface area (Å²) >= 11 is 0. The number of methoxy groups -OCH3 is 1. The first-order valence-electron chi connectivity index (χ1n) is 8.34. The monoisotopic (exact) mass is 324 g/mol. The van der Waals surface area contributed by atoms with Crippen LogP contribution in [-0.2, 0) is 14.3 Å². The number of ketones is 1. The highest BCUT2D eigenvalue weighted by molar-refractivity contribution is 5.96. The maximum Gasteiger partial charge on any atom is 0.207 e. The van der Waals surface area contributed by atoms with Gasteiger partial charge in [-0.1, -0.05) is 30.3 Å². The van der Waals surface area contributed by atoms with E-state index in [0.29, 0.717) is 11.5 Å². The molecule has 2 aromatic rings. The van der Waals surface area contributed by atoms with Crippen LogP contribution in [0.15, 0.2) is 54.5 Å². The number of fused-ring (bicyclic) bond motifs is 2. The molecular formula is C20H20O4. The smallest absolute Gasteiger partial charge is 0.207 e. The average molecular weight is 324 g/mol. The summed E-state index contributed by atoms with van der Waals surface area (Å²) in [5.41, 5.74) is 0. The normalized spacial score (nSPS) is 26.5. The van der Waals surface area contributed by atoms with Crippen LogP contribution in [0.25, 0.3) is 10.8 Å². The molecular weight excluding hydrogens is 304 g/mol. The second-order valence-electron chi connectivity index (χ2n) is 6.41. The van der Waals surface area contributed by atoms with Gasteiger partial charge in [0.25, 0.3) is 0 Å². The topological polar surface area (TPSA) is 44.8 Å². The van der Waals surface area contributed by atoms with Gasteiger partial charge in [0.2, 0.25) is 11.5 Å². The molecule has 0 saturated heterocycles. The van der Waals surface area contributed by atoms with Crippen LogP contribution in [0.2, 0.25) is 0 Å². The Kier molecular flexibility index (Phi) is 3.98. The Balaban J connectivity index is 1.53. The average Bonchev–Trinajstić information content (AvgIpc) is 2.63. The molecule has 4 nitrogen and oxygen atoms in total. The van der Waals surface area contributed by atoms with E-state index < -0.39 is 0 Å². The second-order valence-corrected chi connectivity index (χ2v) is 6.41. The summed E-state index contributed by atoms with van der Waals surface area (Å²) in [7, 11) is 1.71. The molecule has 124 valence electrons. The van der Waals surface area contributed by atoms with E-state index in [4.69, 9.17) is 14.2 Å². The maximum absolute atomic E-state index is 12.7. The highest BCUT2D eigenvalue weighted by atomic mass is 16.5.